The minimum atomic E-state index is -0.312. The topological polar surface area (TPSA) is 86.5 Å². The summed E-state index contributed by atoms with van der Waals surface area (Å²) in [5, 5.41) is 2.85. The predicted octanol–water partition coefficient (Wildman–Crippen LogP) is 5.75. The molecule has 168 valence electrons. The van der Waals surface area contributed by atoms with E-state index < -0.39 is 0 Å². The number of pyridine rings is 1. The molecule has 1 amide bonds. The van der Waals surface area contributed by atoms with Gasteiger partial charge in [0.25, 0.3) is 5.91 Å². The van der Waals surface area contributed by atoms with Crippen LogP contribution < -0.4 is 15.8 Å². The fourth-order valence-corrected chi connectivity index (χ4v) is 3.25. The van der Waals surface area contributed by atoms with Crippen molar-refractivity contribution in [1.82, 2.24) is 4.98 Å². The molecule has 0 saturated carbocycles. The molecule has 0 bridgehead atoms. The fourth-order valence-electron chi connectivity index (χ4n) is 3.25. The van der Waals surface area contributed by atoms with E-state index in [4.69, 9.17) is 15.2 Å². The number of nitrogens with one attached hydrogen (secondary N) is 1. The van der Waals surface area contributed by atoms with Gasteiger partial charge in [0.05, 0.1) is 17.9 Å². The van der Waals surface area contributed by atoms with Crippen molar-refractivity contribution in [3.63, 3.8) is 0 Å². The monoisotopic (exact) mass is 433 g/mol. The molecule has 0 fully saturated rings. The average molecular weight is 434 g/mol. The number of aromatic nitrogens is 1. The van der Waals surface area contributed by atoms with Crippen LogP contribution >= 0.6 is 0 Å². The molecule has 3 N–H and O–H groups in total. The summed E-state index contributed by atoms with van der Waals surface area (Å²) in [6.07, 6.45) is 2.24. The summed E-state index contributed by atoms with van der Waals surface area (Å²) in [4.78, 5) is 16.9. The van der Waals surface area contributed by atoms with Crippen LogP contribution in [0.1, 0.15) is 47.4 Å². The van der Waals surface area contributed by atoms with E-state index in [1.807, 2.05) is 31.2 Å². The number of ether oxygens (including phenoxy) is 2. The Labute approximate surface area is 189 Å². The van der Waals surface area contributed by atoms with Crippen molar-refractivity contribution in [2.45, 2.75) is 40.2 Å². The normalized spacial score (nSPS) is 10.9. The Morgan fingerprint density at radius 2 is 1.69 bits per heavy atom. The van der Waals surface area contributed by atoms with Gasteiger partial charge >= 0.3 is 0 Å². The molecule has 1 heterocycles. The van der Waals surface area contributed by atoms with Crippen LogP contribution in [0.15, 0.2) is 54.6 Å². The highest BCUT2D eigenvalue weighted by Crippen LogP contribution is 2.25. The van der Waals surface area contributed by atoms with Gasteiger partial charge in [-0.2, -0.15) is 0 Å². The molecule has 0 atom stereocenters. The zero-order chi connectivity index (χ0) is 23.1. The summed E-state index contributed by atoms with van der Waals surface area (Å²) in [5.41, 5.74) is 9.84. The average Bonchev–Trinajstić information content (AvgIpc) is 2.77. The second kappa shape index (κ2) is 10.8. The Bertz CT molecular complexity index is 1050. The van der Waals surface area contributed by atoms with Crippen molar-refractivity contribution in [3.05, 3.63) is 77.0 Å². The predicted molar refractivity (Wildman–Crippen MR) is 128 cm³/mol. The van der Waals surface area contributed by atoms with Crippen molar-refractivity contribution in [2.24, 2.45) is 5.92 Å². The van der Waals surface area contributed by atoms with E-state index in [9.17, 15) is 4.79 Å². The third-order valence-corrected chi connectivity index (χ3v) is 5.15. The van der Waals surface area contributed by atoms with Gasteiger partial charge in [0, 0.05) is 12.8 Å². The maximum Gasteiger partial charge on any atom is 0.259 e. The van der Waals surface area contributed by atoms with Gasteiger partial charge in [-0.3, -0.25) is 4.79 Å². The van der Waals surface area contributed by atoms with Crippen molar-refractivity contribution in [2.75, 3.05) is 18.2 Å². The molecule has 32 heavy (non-hydrogen) atoms. The molecule has 0 aliphatic rings. The second-order valence-electron chi connectivity index (χ2n) is 8.27. The lowest BCUT2D eigenvalue weighted by atomic mass is 10.0. The Morgan fingerprint density at radius 3 is 2.28 bits per heavy atom. The number of carbonyl (C=O) groups excluding carboxylic acids is 1. The van der Waals surface area contributed by atoms with Crippen LogP contribution in [-0.4, -0.2) is 18.0 Å². The van der Waals surface area contributed by atoms with Crippen molar-refractivity contribution >= 4 is 17.4 Å². The smallest absolute Gasteiger partial charge is 0.259 e. The third kappa shape index (κ3) is 6.31. The summed E-state index contributed by atoms with van der Waals surface area (Å²) >= 11 is 0. The van der Waals surface area contributed by atoms with Gasteiger partial charge in [-0.05, 0) is 79.3 Å². The van der Waals surface area contributed by atoms with Crippen LogP contribution in [-0.2, 0) is 17.8 Å². The first kappa shape index (κ1) is 23.3. The largest absolute Gasteiger partial charge is 0.457 e. The van der Waals surface area contributed by atoms with E-state index in [0.717, 1.165) is 23.4 Å². The molecule has 0 aliphatic carbocycles. The molecule has 0 saturated heterocycles. The van der Waals surface area contributed by atoms with Crippen LogP contribution in [0.5, 0.6) is 11.5 Å². The number of aryl methyl sites for hydroxylation is 2. The summed E-state index contributed by atoms with van der Waals surface area (Å²) < 4.78 is 11.0. The summed E-state index contributed by atoms with van der Waals surface area (Å²) in [5.74, 6) is 2.03. The third-order valence-electron chi connectivity index (χ3n) is 5.15. The van der Waals surface area contributed by atoms with Gasteiger partial charge in [-0.1, -0.05) is 26.0 Å². The van der Waals surface area contributed by atoms with Gasteiger partial charge in [-0.15, -0.1) is 0 Å². The summed E-state index contributed by atoms with van der Waals surface area (Å²) in [7, 11) is 1.59. The van der Waals surface area contributed by atoms with E-state index in [1.165, 1.54) is 12.0 Å². The molecule has 2 aromatic carbocycles. The number of rotatable bonds is 9. The van der Waals surface area contributed by atoms with E-state index in [2.05, 4.69) is 36.3 Å². The number of nitrogen functional groups attached to an aromatic ring is 1. The Kier molecular flexibility index (Phi) is 7.84. The number of methoxy groups -OCH3 is 1. The standard InChI is InChI=1S/C26H31N3O3/c1-17(2)5-6-19-7-11-21(12-8-19)32-22-13-9-20(10-14-22)28-26(30)23-15-18(3)24(16-31-4)29-25(23)27/h7-15,17H,5-6,16H2,1-4H3,(H2,27,29)(H,28,30). The highest BCUT2D eigenvalue weighted by Gasteiger charge is 2.14. The number of hydrogen-bond donors (Lipinski definition) is 2. The molecule has 0 unspecified atom stereocenters. The fraction of sp³-hybridized carbons (Fsp3) is 0.308. The highest BCUT2D eigenvalue weighted by molar-refractivity contribution is 6.07. The first-order chi connectivity index (χ1) is 15.4. The molecule has 0 radical (unpaired) electrons. The van der Waals surface area contributed by atoms with E-state index in [-0.39, 0.29) is 11.7 Å². The van der Waals surface area contributed by atoms with Crippen molar-refractivity contribution in [3.8, 4) is 11.5 Å². The number of hydrogen-bond acceptors (Lipinski definition) is 5. The van der Waals surface area contributed by atoms with E-state index in [0.29, 0.717) is 29.5 Å². The molecule has 6 heteroatoms. The number of anilines is 2. The molecule has 6 nitrogen and oxygen atoms in total. The lowest BCUT2D eigenvalue weighted by Crippen LogP contribution is -2.16. The second-order valence-corrected chi connectivity index (χ2v) is 8.27. The van der Waals surface area contributed by atoms with Gasteiger partial charge < -0.3 is 20.5 Å². The zero-order valence-electron chi connectivity index (χ0n) is 19.1. The van der Waals surface area contributed by atoms with Crippen LogP contribution in [0.4, 0.5) is 11.5 Å². The molecule has 3 rings (SSSR count). The Balaban J connectivity index is 1.61. The van der Waals surface area contributed by atoms with Crippen molar-refractivity contribution < 1.29 is 14.3 Å². The maximum absolute atomic E-state index is 12.7. The Hall–Kier alpha value is -3.38. The number of nitrogens with two attached hydrogens (primary N) is 1. The number of amides is 1. The van der Waals surface area contributed by atoms with E-state index >= 15 is 0 Å². The Morgan fingerprint density at radius 1 is 1.06 bits per heavy atom. The van der Waals surface area contributed by atoms with Gasteiger partial charge in [0.2, 0.25) is 0 Å². The summed E-state index contributed by atoms with van der Waals surface area (Å²) in [6.45, 7) is 6.69. The van der Waals surface area contributed by atoms with Crippen molar-refractivity contribution in [1.29, 1.82) is 0 Å². The van der Waals surface area contributed by atoms with Gasteiger partial charge in [0.15, 0.2) is 0 Å². The highest BCUT2D eigenvalue weighted by atomic mass is 16.5. The maximum atomic E-state index is 12.7. The van der Waals surface area contributed by atoms with Crippen LogP contribution in [0, 0.1) is 12.8 Å². The van der Waals surface area contributed by atoms with Crippen LogP contribution in [0.3, 0.4) is 0 Å². The zero-order valence-corrected chi connectivity index (χ0v) is 19.1. The molecular weight excluding hydrogens is 402 g/mol. The lowest BCUT2D eigenvalue weighted by Gasteiger charge is -2.12. The molecular formula is C26H31N3O3. The number of carbonyl (C=O) groups is 1. The minimum absolute atomic E-state index is 0.178. The van der Waals surface area contributed by atoms with Crippen LogP contribution in [0.25, 0.3) is 0 Å². The minimum Gasteiger partial charge on any atom is -0.457 e. The first-order valence-corrected chi connectivity index (χ1v) is 10.8. The number of nitrogens with zero attached hydrogens (tertiary/aromatic N) is 1. The summed E-state index contributed by atoms with van der Waals surface area (Å²) in [6, 6.07) is 17.1. The van der Waals surface area contributed by atoms with Crippen LogP contribution in [0.2, 0.25) is 0 Å². The molecule has 1 aromatic heterocycles. The number of benzene rings is 2. The first-order valence-electron chi connectivity index (χ1n) is 10.8. The van der Waals surface area contributed by atoms with E-state index in [1.54, 1.807) is 25.3 Å². The van der Waals surface area contributed by atoms with Gasteiger partial charge in [-0.25, -0.2) is 4.98 Å². The molecule has 3 aromatic rings. The lowest BCUT2D eigenvalue weighted by molar-refractivity contribution is 0.102. The molecule has 0 aliphatic heterocycles. The van der Waals surface area contributed by atoms with Gasteiger partial charge in [0.1, 0.15) is 17.3 Å². The molecule has 0 spiro atoms. The quantitative estimate of drug-likeness (QED) is 0.448. The SMILES string of the molecule is COCc1nc(N)c(C(=O)Nc2ccc(Oc3ccc(CCC(C)C)cc3)cc2)cc1C.